The summed E-state index contributed by atoms with van der Waals surface area (Å²) in [5.74, 6) is 0.839. The molecule has 156 valence electrons. The van der Waals surface area contributed by atoms with Gasteiger partial charge in [0.2, 0.25) is 5.91 Å². The number of para-hydroxylation sites is 1. The Morgan fingerprint density at radius 3 is 2.39 bits per heavy atom. The van der Waals surface area contributed by atoms with Crippen LogP contribution in [0, 0.1) is 0 Å². The minimum atomic E-state index is -0.587. The maximum atomic E-state index is 12.2. The third-order valence-corrected chi connectivity index (χ3v) is 5.20. The minimum Gasteiger partial charge on any atom is -0.467 e. The molecule has 0 bridgehead atoms. The molecule has 0 radical (unpaired) electrons. The number of urea groups is 1. The van der Waals surface area contributed by atoms with Gasteiger partial charge < -0.3 is 9.73 Å². The van der Waals surface area contributed by atoms with Crippen LogP contribution in [0.5, 0.6) is 0 Å². The third-order valence-electron chi connectivity index (χ3n) is 4.27. The summed E-state index contributed by atoms with van der Waals surface area (Å²) in [6.45, 7) is 0.196. The van der Waals surface area contributed by atoms with Crippen molar-refractivity contribution in [3.63, 3.8) is 0 Å². The number of carbonyl (C=O) groups excluding carboxylic acids is 2. The summed E-state index contributed by atoms with van der Waals surface area (Å²) >= 11 is 1.20. The van der Waals surface area contributed by atoms with E-state index in [1.54, 1.807) is 12.1 Å². The molecule has 2 aromatic heterocycles. The van der Waals surface area contributed by atoms with E-state index in [-0.39, 0.29) is 12.3 Å². The predicted molar refractivity (Wildman–Crippen MR) is 117 cm³/mol. The first-order valence-corrected chi connectivity index (χ1v) is 10.5. The second-order valence-electron chi connectivity index (χ2n) is 6.44. The molecule has 0 saturated carbocycles. The van der Waals surface area contributed by atoms with Crippen LogP contribution < -0.4 is 10.6 Å². The molecule has 0 aliphatic heterocycles. The Bertz CT molecular complexity index is 1140. The zero-order chi connectivity index (χ0) is 21.5. The van der Waals surface area contributed by atoms with Crippen molar-refractivity contribution >= 4 is 23.7 Å². The average molecular weight is 433 g/mol. The maximum absolute atomic E-state index is 12.2. The molecular formula is C22H19N5O3S. The molecule has 0 aliphatic carbocycles. The first-order chi connectivity index (χ1) is 15.2. The smallest absolute Gasteiger partial charge is 0.321 e. The molecule has 0 spiro atoms. The second-order valence-corrected chi connectivity index (χ2v) is 7.38. The summed E-state index contributed by atoms with van der Waals surface area (Å²) in [5, 5.41) is 14.0. The molecule has 0 fully saturated rings. The highest BCUT2D eigenvalue weighted by atomic mass is 32.2. The summed E-state index contributed by atoms with van der Waals surface area (Å²) in [4.78, 5) is 24.1. The number of hydrogen-bond donors (Lipinski definition) is 2. The number of aromatic nitrogens is 3. The monoisotopic (exact) mass is 433 g/mol. The van der Waals surface area contributed by atoms with Gasteiger partial charge >= 0.3 is 6.03 Å². The number of rotatable bonds is 7. The standard InChI is InChI=1S/C22H19N5O3S/c28-19(24-21(29)23-14-18-12-7-13-30-18)15-31-22-26-25-20(16-8-3-1-4-9-16)27(22)17-10-5-2-6-11-17/h1-13H,14-15H2,(H2,23,24,28,29). The van der Waals surface area contributed by atoms with E-state index in [4.69, 9.17) is 4.42 Å². The molecule has 2 aromatic carbocycles. The Hall–Kier alpha value is -3.85. The number of furan rings is 1. The lowest BCUT2D eigenvalue weighted by molar-refractivity contribution is -0.117. The maximum Gasteiger partial charge on any atom is 0.321 e. The van der Waals surface area contributed by atoms with Gasteiger partial charge in [-0.2, -0.15) is 0 Å². The zero-order valence-electron chi connectivity index (χ0n) is 16.4. The van der Waals surface area contributed by atoms with Crippen molar-refractivity contribution in [3.8, 4) is 17.1 Å². The Kier molecular flexibility index (Phi) is 6.44. The fraction of sp³-hybridized carbons (Fsp3) is 0.0909. The van der Waals surface area contributed by atoms with Crippen LogP contribution in [0.1, 0.15) is 5.76 Å². The molecule has 9 heteroatoms. The molecule has 0 saturated heterocycles. The van der Waals surface area contributed by atoms with Crippen molar-refractivity contribution in [1.29, 1.82) is 0 Å². The van der Waals surface area contributed by atoms with Gasteiger partial charge in [0.05, 0.1) is 18.6 Å². The Morgan fingerprint density at radius 2 is 1.68 bits per heavy atom. The fourth-order valence-electron chi connectivity index (χ4n) is 2.86. The molecule has 3 amide bonds. The lowest BCUT2D eigenvalue weighted by Gasteiger charge is -2.10. The molecular weight excluding hydrogens is 414 g/mol. The van der Waals surface area contributed by atoms with Gasteiger partial charge in [-0.1, -0.05) is 60.3 Å². The highest BCUT2D eigenvalue weighted by molar-refractivity contribution is 7.99. The van der Waals surface area contributed by atoms with Crippen LogP contribution in [0.4, 0.5) is 4.79 Å². The Morgan fingerprint density at radius 1 is 0.935 bits per heavy atom. The van der Waals surface area contributed by atoms with E-state index < -0.39 is 11.9 Å². The normalized spacial score (nSPS) is 10.6. The van der Waals surface area contributed by atoms with Crippen molar-refractivity contribution in [3.05, 3.63) is 84.8 Å². The first kappa shape index (κ1) is 20.4. The summed E-state index contributed by atoms with van der Waals surface area (Å²) in [5.41, 5.74) is 1.79. The molecule has 8 nitrogen and oxygen atoms in total. The number of amides is 3. The van der Waals surface area contributed by atoms with Crippen molar-refractivity contribution in [2.24, 2.45) is 0 Å². The third kappa shape index (κ3) is 5.20. The first-order valence-electron chi connectivity index (χ1n) is 9.50. The topological polar surface area (TPSA) is 102 Å². The van der Waals surface area contributed by atoms with E-state index in [0.717, 1.165) is 11.3 Å². The van der Waals surface area contributed by atoms with E-state index in [2.05, 4.69) is 20.8 Å². The predicted octanol–water partition coefficient (Wildman–Crippen LogP) is 3.65. The van der Waals surface area contributed by atoms with E-state index in [1.807, 2.05) is 65.2 Å². The fourth-order valence-corrected chi connectivity index (χ4v) is 3.62. The summed E-state index contributed by atoms with van der Waals surface area (Å²) in [7, 11) is 0. The summed E-state index contributed by atoms with van der Waals surface area (Å²) in [6.07, 6.45) is 1.52. The molecule has 2 N–H and O–H groups in total. The lowest BCUT2D eigenvalue weighted by Crippen LogP contribution is -2.39. The highest BCUT2D eigenvalue weighted by Crippen LogP contribution is 2.27. The molecule has 0 atom stereocenters. The van der Waals surface area contributed by atoms with Gasteiger partial charge in [-0.15, -0.1) is 10.2 Å². The Balaban J connectivity index is 1.44. The van der Waals surface area contributed by atoms with Crippen LogP contribution in [0.25, 0.3) is 17.1 Å². The number of carbonyl (C=O) groups is 2. The van der Waals surface area contributed by atoms with Crippen LogP contribution in [-0.4, -0.2) is 32.5 Å². The molecule has 0 aliphatic rings. The van der Waals surface area contributed by atoms with Crippen molar-refractivity contribution in [2.75, 3.05) is 5.75 Å². The molecule has 0 unspecified atom stereocenters. The minimum absolute atomic E-state index is 0.00787. The number of imide groups is 1. The molecule has 4 rings (SSSR count). The quantitative estimate of drug-likeness (QED) is 0.432. The van der Waals surface area contributed by atoms with Gasteiger partial charge in [-0.25, -0.2) is 4.79 Å². The summed E-state index contributed by atoms with van der Waals surface area (Å²) in [6, 6.07) is 22.2. The van der Waals surface area contributed by atoms with Gasteiger partial charge in [-0.05, 0) is 24.3 Å². The van der Waals surface area contributed by atoms with Crippen LogP contribution >= 0.6 is 11.8 Å². The van der Waals surface area contributed by atoms with E-state index >= 15 is 0 Å². The lowest BCUT2D eigenvalue weighted by atomic mass is 10.2. The van der Waals surface area contributed by atoms with Gasteiger partial charge in [-0.3, -0.25) is 14.7 Å². The molecule has 4 aromatic rings. The van der Waals surface area contributed by atoms with Gasteiger partial charge in [0, 0.05) is 11.3 Å². The van der Waals surface area contributed by atoms with E-state index in [0.29, 0.717) is 16.7 Å². The van der Waals surface area contributed by atoms with Gasteiger partial charge in [0.25, 0.3) is 0 Å². The number of nitrogens with zero attached hydrogens (tertiary/aromatic N) is 3. The number of hydrogen-bond acceptors (Lipinski definition) is 6. The largest absolute Gasteiger partial charge is 0.467 e. The van der Waals surface area contributed by atoms with Crippen LogP contribution in [0.15, 0.2) is 88.6 Å². The van der Waals surface area contributed by atoms with Crippen molar-refractivity contribution < 1.29 is 14.0 Å². The van der Waals surface area contributed by atoms with Crippen molar-refractivity contribution in [1.82, 2.24) is 25.4 Å². The van der Waals surface area contributed by atoms with Gasteiger partial charge in [0.1, 0.15) is 5.76 Å². The van der Waals surface area contributed by atoms with Crippen molar-refractivity contribution in [2.45, 2.75) is 11.7 Å². The van der Waals surface area contributed by atoms with Crippen LogP contribution in [-0.2, 0) is 11.3 Å². The highest BCUT2D eigenvalue weighted by Gasteiger charge is 2.17. The molecule has 31 heavy (non-hydrogen) atoms. The second kappa shape index (κ2) is 9.77. The zero-order valence-corrected chi connectivity index (χ0v) is 17.2. The van der Waals surface area contributed by atoms with Gasteiger partial charge in [0.15, 0.2) is 11.0 Å². The average Bonchev–Trinajstić information content (AvgIpc) is 3.47. The van der Waals surface area contributed by atoms with E-state index in [9.17, 15) is 9.59 Å². The number of nitrogens with one attached hydrogen (secondary N) is 2. The van der Waals surface area contributed by atoms with Crippen LogP contribution in [0.3, 0.4) is 0 Å². The van der Waals surface area contributed by atoms with Crippen LogP contribution in [0.2, 0.25) is 0 Å². The van der Waals surface area contributed by atoms with E-state index in [1.165, 1.54) is 18.0 Å². The SMILES string of the molecule is O=C(CSc1nnc(-c2ccccc2)n1-c1ccccc1)NC(=O)NCc1ccco1. The summed E-state index contributed by atoms with van der Waals surface area (Å²) < 4.78 is 7.03. The number of benzene rings is 2. The number of thioether (sulfide) groups is 1. The molecule has 2 heterocycles. The Labute approximate surface area is 182 Å².